The van der Waals surface area contributed by atoms with Crippen LogP contribution >= 0.6 is 23.1 Å². The van der Waals surface area contributed by atoms with Crippen molar-refractivity contribution in [1.29, 1.82) is 0 Å². The van der Waals surface area contributed by atoms with E-state index in [0.717, 1.165) is 21.2 Å². The van der Waals surface area contributed by atoms with Gasteiger partial charge in [0.15, 0.2) is 0 Å². The van der Waals surface area contributed by atoms with Crippen molar-refractivity contribution in [2.24, 2.45) is 29.6 Å². The minimum Gasteiger partial charge on any atom is -0.480 e. The molecule has 3 fully saturated rings. The standard InChI is InChI=1S/C18H20N2O5S2/c1-5(16(23)24)20-14(21)8-6-4-7(9(8)15(20)22)11-10(6)18(2,3)12-13(26-11)19-17(25)27-12/h5-11H,4H2,1-3H3,(H,19,25)(H,23,24)/t5?,6?,7?,8?,9?,10-,11?/m1/s1. The molecule has 5 rings (SSSR count). The van der Waals surface area contributed by atoms with Gasteiger partial charge in [-0.2, -0.15) is 0 Å². The van der Waals surface area contributed by atoms with Crippen LogP contribution in [-0.4, -0.2) is 44.1 Å². The summed E-state index contributed by atoms with van der Waals surface area (Å²) in [7, 11) is 0. The van der Waals surface area contributed by atoms with E-state index >= 15 is 0 Å². The molecule has 2 aliphatic carbocycles. The minimum atomic E-state index is -1.16. The van der Waals surface area contributed by atoms with E-state index in [-0.39, 0.29) is 45.1 Å². The molecule has 7 atom stereocenters. The number of thioether (sulfide) groups is 1. The third-order valence-electron chi connectivity index (χ3n) is 7.17. The van der Waals surface area contributed by atoms with Gasteiger partial charge in [0.05, 0.1) is 16.9 Å². The van der Waals surface area contributed by atoms with E-state index in [4.69, 9.17) is 0 Å². The van der Waals surface area contributed by atoms with Crippen LogP contribution in [0.2, 0.25) is 0 Å². The fourth-order valence-corrected chi connectivity index (χ4v) is 9.32. The van der Waals surface area contributed by atoms with Gasteiger partial charge in [-0.05, 0) is 31.1 Å². The lowest BCUT2D eigenvalue weighted by molar-refractivity contribution is -0.154. The summed E-state index contributed by atoms with van der Waals surface area (Å²) in [5.74, 6) is -2.33. The number of likely N-dealkylation sites (tertiary alicyclic amines) is 1. The minimum absolute atomic E-state index is 0.0493. The number of nitrogens with zero attached hydrogens (tertiary/aromatic N) is 1. The molecule has 4 aliphatic rings. The molecule has 7 nitrogen and oxygen atoms in total. The zero-order valence-corrected chi connectivity index (χ0v) is 16.7. The zero-order valence-electron chi connectivity index (χ0n) is 15.1. The summed E-state index contributed by atoms with van der Waals surface area (Å²) < 4.78 is 0. The third kappa shape index (κ3) is 1.99. The molecule has 9 heteroatoms. The molecule has 2 amide bonds. The smallest absolute Gasteiger partial charge is 0.326 e. The van der Waals surface area contributed by atoms with Gasteiger partial charge in [0, 0.05) is 15.5 Å². The van der Waals surface area contributed by atoms with Gasteiger partial charge in [0.1, 0.15) is 6.04 Å². The lowest BCUT2D eigenvalue weighted by Crippen LogP contribution is -2.48. The van der Waals surface area contributed by atoms with Crippen LogP contribution in [-0.2, 0) is 19.8 Å². The van der Waals surface area contributed by atoms with E-state index in [1.165, 1.54) is 18.3 Å². The average molecular weight is 409 g/mol. The SMILES string of the molecule is CC(C(=O)O)N1C(=O)C2C3CC(C2C1=O)[C@@H]1C3Sc2[nH]c(=O)sc2C1(C)C. The lowest BCUT2D eigenvalue weighted by Gasteiger charge is -2.47. The van der Waals surface area contributed by atoms with Crippen LogP contribution in [0.15, 0.2) is 9.82 Å². The van der Waals surface area contributed by atoms with Gasteiger partial charge < -0.3 is 10.1 Å². The second-order valence-electron chi connectivity index (χ2n) is 8.68. The number of nitrogens with one attached hydrogen (secondary N) is 1. The topological polar surface area (TPSA) is 108 Å². The number of hydrogen-bond acceptors (Lipinski definition) is 6. The van der Waals surface area contributed by atoms with Crippen molar-refractivity contribution in [3.05, 3.63) is 14.5 Å². The highest BCUT2D eigenvalue weighted by Gasteiger charge is 2.71. The van der Waals surface area contributed by atoms with Crippen molar-refractivity contribution in [2.75, 3.05) is 0 Å². The first-order chi connectivity index (χ1) is 12.6. The molecule has 0 radical (unpaired) electrons. The van der Waals surface area contributed by atoms with Gasteiger partial charge in [0.25, 0.3) is 0 Å². The predicted molar refractivity (Wildman–Crippen MR) is 98.6 cm³/mol. The Kier molecular flexibility index (Phi) is 3.40. The Morgan fingerprint density at radius 3 is 2.48 bits per heavy atom. The van der Waals surface area contributed by atoms with Crippen molar-refractivity contribution in [1.82, 2.24) is 9.88 Å². The first-order valence-corrected chi connectivity index (χ1v) is 10.8. The fraction of sp³-hybridized carbons (Fsp3) is 0.667. The Labute approximate surface area is 163 Å². The molecular weight excluding hydrogens is 388 g/mol. The van der Waals surface area contributed by atoms with E-state index in [0.29, 0.717) is 0 Å². The maximum Gasteiger partial charge on any atom is 0.326 e. The van der Waals surface area contributed by atoms with E-state index in [9.17, 15) is 24.3 Å². The van der Waals surface area contributed by atoms with Gasteiger partial charge in [-0.1, -0.05) is 25.2 Å². The van der Waals surface area contributed by atoms with Crippen LogP contribution in [0, 0.1) is 29.6 Å². The number of thiazole rings is 1. The Hall–Kier alpha value is -1.61. The summed E-state index contributed by atoms with van der Waals surface area (Å²) in [5.41, 5.74) is -0.255. The van der Waals surface area contributed by atoms with E-state index in [1.807, 2.05) is 0 Å². The van der Waals surface area contributed by atoms with Crippen molar-refractivity contribution in [2.45, 2.75) is 48.9 Å². The van der Waals surface area contributed by atoms with E-state index in [1.54, 1.807) is 11.8 Å². The first kappa shape index (κ1) is 17.5. The van der Waals surface area contributed by atoms with Crippen LogP contribution in [0.4, 0.5) is 0 Å². The number of carbonyl (C=O) groups excluding carboxylic acids is 2. The molecule has 2 N–H and O–H groups in total. The number of aliphatic carboxylic acids is 1. The number of imide groups is 1. The van der Waals surface area contributed by atoms with Crippen molar-refractivity contribution < 1.29 is 19.5 Å². The highest BCUT2D eigenvalue weighted by atomic mass is 32.2. The first-order valence-electron chi connectivity index (χ1n) is 9.14. The quantitative estimate of drug-likeness (QED) is 0.719. The van der Waals surface area contributed by atoms with Crippen molar-refractivity contribution in [3.8, 4) is 0 Å². The molecule has 1 saturated heterocycles. The highest BCUT2D eigenvalue weighted by Crippen LogP contribution is 2.68. The van der Waals surface area contributed by atoms with Crippen LogP contribution in [0.1, 0.15) is 32.1 Å². The molecular formula is C18H20N2O5S2. The molecule has 6 unspecified atom stereocenters. The summed E-state index contributed by atoms with van der Waals surface area (Å²) in [6, 6.07) is -1.13. The molecule has 2 bridgehead atoms. The number of fused-ring (bicyclic) bond motifs is 9. The van der Waals surface area contributed by atoms with Gasteiger partial charge in [-0.15, -0.1) is 11.8 Å². The zero-order chi connectivity index (χ0) is 19.4. The Morgan fingerprint density at radius 2 is 1.85 bits per heavy atom. The van der Waals surface area contributed by atoms with Crippen molar-refractivity contribution >= 4 is 40.9 Å². The fourth-order valence-electron chi connectivity index (χ4n) is 6.17. The van der Waals surface area contributed by atoms with Gasteiger partial charge in [-0.25, -0.2) is 4.79 Å². The summed E-state index contributed by atoms with van der Waals surface area (Å²) in [6.07, 6.45) is 0.826. The number of hydrogen-bond donors (Lipinski definition) is 2. The molecule has 144 valence electrons. The molecule has 2 aliphatic heterocycles. The number of H-pyrrole nitrogens is 1. The molecule has 2 saturated carbocycles. The summed E-state index contributed by atoms with van der Waals surface area (Å²) in [6.45, 7) is 5.65. The van der Waals surface area contributed by atoms with Gasteiger partial charge in [-0.3, -0.25) is 19.3 Å². The van der Waals surface area contributed by atoms with Crippen LogP contribution in [0.25, 0.3) is 0 Å². The second-order valence-corrected chi connectivity index (χ2v) is 10.8. The largest absolute Gasteiger partial charge is 0.480 e. The molecule has 27 heavy (non-hydrogen) atoms. The molecule has 0 spiro atoms. The van der Waals surface area contributed by atoms with Crippen LogP contribution < -0.4 is 4.87 Å². The van der Waals surface area contributed by atoms with Gasteiger partial charge >= 0.3 is 10.8 Å². The van der Waals surface area contributed by atoms with Crippen LogP contribution in [0.3, 0.4) is 0 Å². The van der Waals surface area contributed by atoms with Crippen LogP contribution in [0.5, 0.6) is 0 Å². The summed E-state index contributed by atoms with van der Waals surface area (Å²) in [4.78, 5) is 54.2. The van der Waals surface area contributed by atoms with E-state index in [2.05, 4.69) is 18.8 Å². The average Bonchev–Trinajstić information content (AvgIpc) is 3.29. The molecule has 0 aromatic carbocycles. The Bertz CT molecular complexity index is 950. The number of carboxylic acids is 1. The predicted octanol–water partition coefficient (Wildman–Crippen LogP) is 1.53. The monoisotopic (exact) mass is 408 g/mol. The molecule has 1 aromatic rings. The Morgan fingerprint density at radius 1 is 1.22 bits per heavy atom. The second kappa shape index (κ2) is 5.26. The van der Waals surface area contributed by atoms with Gasteiger partial charge in [0.2, 0.25) is 11.8 Å². The number of aromatic nitrogens is 1. The molecule has 1 aromatic heterocycles. The number of carbonyl (C=O) groups is 3. The third-order valence-corrected chi connectivity index (χ3v) is 9.98. The molecule has 3 heterocycles. The maximum absolute atomic E-state index is 13.0. The maximum atomic E-state index is 13.0. The normalized spacial score (nSPS) is 39.3. The Balaban J connectivity index is 1.57. The number of carboxylic acid groups (broad SMARTS) is 1. The number of amides is 2. The number of aromatic amines is 1. The summed E-state index contributed by atoms with van der Waals surface area (Å²) in [5, 5.41) is 10.4. The summed E-state index contributed by atoms with van der Waals surface area (Å²) >= 11 is 2.88. The number of rotatable bonds is 2. The van der Waals surface area contributed by atoms with Crippen molar-refractivity contribution in [3.63, 3.8) is 0 Å². The lowest BCUT2D eigenvalue weighted by atomic mass is 9.64. The van der Waals surface area contributed by atoms with E-state index < -0.39 is 23.8 Å². The highest BCUT2D eigenvalue weighted by molar-refractivity contribution is 8.00.